The van der Waals surface area contributed by atoms with Crippen molar-refractivity contribution in [2.45, 2.75) is 64.0 Å². The zero-order chi connectivity index (χ0) is 12.8. The van der Waals surface area contributed by atoms with Gasteiger partial charge in [0, 0.05) is 25.2 Å². The van der Waals surface area contributed by atoms with Crippen LogP contribution < -0.4 is 5.32 Å². The van der Waals surface area contributed by atoms with Crippen molar-refractivity contribution in [3.05, 3.63) is 0 Å². The number of nitrogens with zero attached hydrogens (tertiary/aromatic N) is 1. The van der Waals surface area contributed by atoms with Crippen LogP contribution in [0.15, 0.2) is 0 Å². The Morgan fingerprint density at radius 2 is 1.83 bits per heavy atom. The van der Waals surface area contributed by atoms with Crippen molar-refractivity contribution < 1.29 is 0 Å². The maximum absolute atomic E-state index is 5.36. The van der Waals surface area contributed by atoms with Gasteiger partial charge in [0.2, 0.25) is 0 Å². The Morgan fingerprint density at radius 3 is 2.44 bits per heavy atom. The van der Waals surface area contributed by atoms with Crippen LogP contribution in [0.25, 0.3) is 0 Å². The minimum Gasteiger partial charge on any atom is -0.311 e. The van der Waals surface area contributed by atoms with E-state index in [9.17, 15) is 0 Å². The molecule has 0 aromatic rings. The van der Waals surface area contributed by atoms with E-state index < -0.39 is 0 Å². The third kappa shape index (κ3) is 4.00. The van der Waals surface area contributed by atoms with Crippen molar-refractivity contribution in [3.8, 4) is 12.3 Å². The average molecular weight is 248 g/mol. The summed E-state index contributed by atoms with van der Waals surface area (Å²) in [6.45, 7) is 5.55. The van der Waals surface area contributed by atoms with Crippen LogP contribution in [0.1, 0.15) is 51.9 Å². The van der Waals surface area contributed by atoms with Crippen molar-refractivity contribution in [1.82, 2.24) is 10.2 Å². The van der Waals surface area contributed by atoms with Gasteiger partial charge in [-0.2, -0.15) is 0 Å². The Balaban J connectivity index is 1.69. The van der Waals surface area contributed by atoms with Crippen molar-refractivity contribution >= 4 is 0 Å². The molecule has 1 aliphatic carbocycles. The van der Waals surface area contributed by atoms with E-state index in [-0.39, 0.29) is 0 Å². The first-order chi connectivity index (χ1) is 8.79. The van der Waals surface area contributed by atoms with Gasteiger partial charge in [-0.3, -0.25) is 4.90 Å². The lowest BCUT2D eigenvalue weighted by Crippen LogP contribution is -2.47. The third-order valence-electron chi connectivity index (χ3n) is 4.76. The molecule has 0 aromatic heterocycles. The summed E-state index contributed by atoms with van der Waals surface area (Å²) in [5, 5.41) is 3.87. The highest BCUT2D eigenvalue weighted by Gasteiger charge is 2.24. The fourth-order valence-electron chi connectivity index (χ4n) is 3.53. The second kappa shape index (κ2) is 7.16. The SMILES string of the molecule is C#CCN1CCC(NC(C)C2CCCCC2)CC1. The standard InChI is InChI=1S/C16H28N2/c1-3-11-18-12-9-16(10-13-18)17-14(2)15-7-5-4-6-8-15/h1,14-17H,4-13H2,2H3. The first kappa shape index (κ1) is 13.9. The minimum absolute atomic E-state index is 0.703. The van der Waals surface area contributed by atoms with Crippen molar-refractivity contribution in [3.63, 3.8) is 0 Å². The van der Waals surface area contributed by atoms with Gasteiger partial charge >= 0.3 is 0 Å². The van der Waals surface area contributed by atoms with E-state index in [1.54, 1.807) is 0 Å². The Morgan fingerprint density at radius 1 is 1.17 bits per heavy atom. The topological polar surface area (TPSA) is 15.3 Å². The number of nitrogens with one attached hydrogen (secondary N) is 1. The van der Waals surface area contributed by atoms with Crippen LogP contribution in [-0.4, -0.2) is 36.6 Å². The molecule has 1 heterocycles. The molecule has 1 unspecified atom stereocenters. The van der Waals surface area contributed by atoms with Crippen molar-refractivity contribution in [2.24, 2.45) is 5.92 Å². The molecule has 1 atom stereocenters. The lowest BCUT2D eigenvalue weighted by molar-refractivity contribution is 0.189. The predicted molar refractivity (Wildman–Crippen MR) is 77.5 cm³/mol. The van der Waals surface area contributed by atoms with E-state index >= 15 is 0 Å². The van der Waals surface area contributed by atoms with E-state index in [0.717, 1.165) is 18.5 Å². The normalized spacial score (nSPS) is 25.8. The largest absolute Gasteiger partial charge is 0.311 e. The maximum atomic E-state index is 5.36. The maximum Gasteiger partial charge on any atom is 0.0598 e. The molecular formula is C16H28N2. The Kier molecular flexibility index (Phi) is 5.53. The van der Waals surface area contributed by atoms with Gasteiger partial charge in [0.1, 0.15) is 0 Å². The van der Waals surface area contributed by atoms with Gasteiger partial charge in [-0.1, -0.05) is 25.2 Å². The highest BCUT2D eigenvalue weighted by atomic mass is 15.1. The molecule has 18 heavy (non-hydrogen) atoms. The van der Waals surface area contributed by atoms with Gasteiger partial charge in [-0.25, -0.2) is 0 Å². The molecule has 102 valence electrons. The van der Waals surface area contributed by atoms with Gasteiger partial charge in [-0.15, -0.1) is 6.42 Å². The first-order valence-corrected chi connectivity index (χ1v) is 7.71. The summed E-state index contributed by atoms with van der Waals surface area (Å²) in [6.07, 6.45) is 15.1. The van der Waals surface area contributed by atoms with Crippen LogP contribution in [0.4, 0.5) is 0 Å². The summed E-state index contributed by atoms with van der Waals surface area (Å²) in [7, 11) is 0. The van der Waals surface area contributed by atoms with Crippen LogP contribution in [0.5, 0.6) is 0 Å². The van der Waals surface area contributed by atoms with Crippen molar-refractivity contribution in [1.29, 1.82) is 0 Å². The quantitative estimate of drug-likeness (QED) is 0.770. The summed E-state index contributed by atoms with van der Waals surface area (Å²) in [4.78, 5) is 2.39. The lowest BCUT2D eigenvalue weighted by atomic mass is 9.84. The molecule has 2 heteroatoms. The second-order valence-electron chi connectivity index (χ2n) is 6.11. The molecule has 2 rings (SSSR count). The average Bonchev–Trinajstić information content (AvgIpc) is 2.42. The second-order valence-corrected chi connectivity index (χ2v) is 6.11. The molecule has 2 fully saturated rings. The molecule has 1 aliphatic heterocycles. The van der Waals surface area contributed by atoms with Gasteiger partial charge in [0.05, 0.1) is 6.54 Å². The van der Waals surface area contributed by atoms with E-state index in [4.69, 9.17) is 6.42 Å². The Hall–Kier alpha value is -0.520. The number of hydrogen-bond acceptors (Lipinski definition) is 2. The number of hydrogen-bond donors (Lipinski definition) is 1. The van der Waals surface area contributed by atoms with Crippen molar-refractivity contribution in [2.75, 3.05) is 19.6 Å². The molecule has 1 N–H and O–H groups in total. The van der Waals surface area contributed by atoms with Gasteiger partial charge in [0.25, 0.3) is 0 Å². The smallest absolute Gasteiger partial charge is 0.0598 e. The van der Waals surface area contributed by atoms with Crippen LogP contribution in [0.2, 0.25) is 0 Å². The van der Waals surface area contributed by atoms with Gasteiger partial charge < -0.3 is 5.32 Å². The fraction of sp³-hybridized carbons (Fsp3) is 0.875. The van der Waals surface area contributed by atoms with Crippen LogP contribution in [0, 0.1) is 18.3 Å². The monoisotopic (exact) mass is 248 g/mol. The highest BCUT2D eigenvalue weighted by molar-refractivity contribution is 4.91. The Bertz CT molecular complexity index is 267. The molecule has 2 nitrogen and oxygen atoms in total. The van der Waals surface area contributed by atoms with Crippen LogP contribution in [0.3, 0.4) is 0 Å². The summed E-state index contributed by atoms with van der Waals surface area (Å²) >= 11 is 0. The summed E-state index contributed by atoms with van der Waals surface area (Å²) in [6, 6.07) is 1.42. The zero-order valence-corrected chi connectivity index (χ0v) is 11.8. The highest BCUT2D eigenvalue weighted by Crippen LogP contribution is 2.27. The molecule has 0 amide bonds. The minimum atomic E-state index is 0.703. The van der Waals surface area contributed by atoms with E-state index in [0.29, 0.717) is 6.04 Å². The lowest BCUT2D eigenvalue weighted by Gasteiger charge is -2.36. The van der Waals surface area contributed by atoms with Crippen LogP contribution in [-0.2, 0) is 0 Å². The molecule has 0 spiro atoms. The van der Waals surface area contributed by atoms with E-state index in [1.165, 1.54) is 58.0 Å². The van der Waals surface area contributed by atoms with Gasteiger partial charge in [-0.05, 0) is 38.5 Å². The molecule has 1 saturated heterocycles. The van der Waals surface area contributed by atoms with E-state index in [1.807, 2.05) is 0 Å². The number of likely N-dealkylation sites (tertiary alicyclic amines) is 1. The molecule has 0 bridgehead atoms. The number of rotatable bonds is 4. The summed E-state index contributed by atoms with van der Waals surface area (Å²) in [5.41, 5.74) is 0. The zero-order valence-electron chi connectivity index (χ0n) is 11.8. The fourth-order valence-corrected chi connectivity index (χ4v) is 3.53. The molecule has 0 radical (unpaired) electrons. The Labute approximate surface area is 113 Å². The molecular weight excluding hydrogens is 220 g/mol. The van der Waals surface area contributed by atoms with Gasteiger partial charge in [0.15, 0.2) is 0 Å². The molecule has 1 saturated carbocycles. The summed E-state index contributed by atoms with van der Waals surface area (Å²) < 4.78 is 0. The van der Waals surface area contributed by atoms with Crippen LogP contribution >= 0.6 is 0 Å². The number of piperidine rings is 1. The third-order valence-corrected chi connectivity index (χ3v) is 4.76. The predicted octanol–water partition coefficient (Wildman–Crippen LogP) is 2.64. The summed E-state index contributed by atoms with van der Waals surface area (Å²) in [5.74, 6) is 3.67. The molecule has 0 aromatic carbocycles. The molecule has 2 aliphatic rings. The van der Waals surface area contributed by atoms with E-state index in [2.05, 4.69) is 23.1 Å². The first-order valence-electron chi connectivity index (χ1n) is 7.71. The number of terminal acetylenes is 1.